The van der Waals surface area contributed by atoms with Crippen LogP contribution in [0.3, 0.4) is 0 Å². The van der Waals surface area contributed by atoms with Gasteiger partial charge in [-0.15, -0.1) is 0 Å². The molecular weight excluding hydrogens is 599 g/mol. The average Bonchev–Trinajstić information content (AvgIpc) is 3.75. The van der Waals surface area contributed by atoms with Crippen LogP contribution in [0.1, 0.15) is 0 Å². The maximum Gasteiger partial charge on any atom is 0.143 e. The highest BCUT2D eigenvalue weighted by atomic mass is 16.3. The molecule has 10 aromatic rings. The van der Waals surface area contributed by atoms with Crippen LogP contribution in [-0.2, 0) is 0 Å². The van der Waals surface area contributed by atoms with E-state index in [-0.39, 0.29) is 0 Å². The Balaban J connectivity index is 1.09. The molecule has 0 fully saturated rings. The number of benzene rings is 8. The molecule has 0 aliphatic heterocycles. The van der Waals surface area contributed by atoms with Gasteiger partial charge in [0.05, 0.1) is 5.69 Å². The fourth-order valence-corrected chi connectivity index (χ4v) is 7.36. The number of nitrogens with zero attached hydrogens (tertiary/aromatic N) is 1. The van der Waals surface area contributed by atoms with E-state index in [1.54, 1.807) is 0 Å². The van der Waals surface area contributed by atoms with Crippen LogP contribution in [0, 0.1) is 0 Å². The molecule has 0 saturated heterocycles. The van der Waals surface area contributed by atoms with Crippen LogP contribution in [0.4, 0.5) is 17.1 Å². The fourth-order valence-electron chi connectivity index (χ4n) is 7.36. The molecule has 0 N–H and O–H groups in total. The second-order valence-corrected chi connectivity index (χ2v) is 12.5. The summed E-state index contributed by atoms with van der Waals surface area (Å²) in [5.74, 6) is 0. The van der Waals surface area contributed by atoms with Crippen molar-refractivity contribution in [2.24, 2.45) is 0 Å². The van der Waals surface area contributed by atoms with Gasteiger partial charge in [-0.3, -0.25) is 0 Å². The first-order chi connectivity index (χ1) is 24.3. The molecule has 8 aromatic carbocycles. The molecule has 2 heterocycles. The van der Waals surface area contributed by atoms with E-state index in [0.717, 1.165) is 83.2 Å². The lowest BCUT2D eigenvalue weighted by Crippen LogP contribution is -2.10. The molecule has 0 aliphatic rings. The molecule has 0 atom stereocenters. The van der Waals surface area contributed by atoms with E-state index in [2.05, 4.69) is 157 Å². The third-order valence-electron chi connectivity index (χ3n) is 9.69. The number of hydrogen-bond acceptors (Lipinski definition) is 3. The van der Waals surface area contributed by atoms with Gasteiger partial charge >= 0.3 is 0 Å². The highest BCUT2D eigenvalue weighted by molar-refractivity contribution is 6.11. The molecule has 3 heteroatoms. The van der Waals surface area contributed by atoms with Crippen LogP contribution in [-0.4, -0.2) is 0 Å². The summed E-state index contributed by atoms with van der Waals surface area (Å²) >= 11 is 0. The molecular formula is C46H29NO2. The topological polar surface area (TPSA) is 29.5 Å². The maximum absolute atomic E-state index is 6.38. The van der Waals surface area contributed by atoms with Gasteiger partial charge in [-0.2, -0.15) is 0 Å². The summed E-state index contributed by atoms with van der Waals surface area (Å²) in [5.41, 5.74) is 11.3. The molecule has 0 spiro atoms. The molecule has 2 aromatic heterocycles. The molecule has 10 rings (SSSR count). The first-order valence-electron chi connectivity index (χ1n) is 16.6. The van der Waals surface area contributed by atoms with E-state index in [4.69, 9.17) is 8.83 Å². The van der Waals surface area contributed by atoms with Crippen molar-refractivity contribution in [3.63, 3.8) is 0 Å². The number of furan rings is 2. The zero-order chi connectivity index (χ0) is 32.3. The third-order valence-corrected chi connectivity index (χ3v) is 9.69. The molecule has 0 bridgehead atoms. The summed E-state index contributed by atoms with van der Waals surface area (Å²) in [6, 6.07) is 62.0. The van der Waals surface area contributed by atoms with Crippen molar-refractivity contribution in [3.05, 3.63) is 176 Å². The largest absolute Gasteiger partial charge is 0.455 e. The maximum atomic E-state index is 6.38. The Bertz CT molecular complexity index is 2660. The van der Waals surface area contributed by atoms with Crippen molar-refractivity contribution >= 4 is 71.7 Å². The zero-order valence-electron chi connectivity index (χ0n) is 26.5. The Labute approximate surface area is 282 Å². The summed E-state index contributed by atoms with van der Waals surface area (Å²) in [4.78, 5) is 2.35. The van der Waals surface area contributed by atoms with Crippen LogP contribution < -0.4 is 4.90 Å². The lowest BCUT2D eigenvalue weighted by molar-refractivity contribution is 0.669. The summed E-state index contributed by atoms with van der Waals surface area (Å²) in [6.07, 6.45) is 0. The first kappa shape index (κ1) is 27.5. The fraction of sp³-hybridized carbons (Fsp3) is 0. The summed E-state index contributed by atoms with van der Waals surface area (Å²) in [7, 11) is 0. The molecule has 0 amide bonds. The third kappa shape index (κ3) is 4.44. The lowest BCUT2D eigenvalue weighted by Gasteiger charge is -2.27. The van der Waals surface area contributed by atoms with Gasteiger partial charge in [-0.1, -0.05) is 133 Å². The van der Waals surface area contributed by atoms with E-state index >= 15 is 0 Å². The Morgan fingerprint density at radius 2 is 0.755 bits per heavy atom. The minimum absolute atomic E-state index is 0.906. The molecule has 0 radical (unpaired) electrons. The van der Waals surface area contributed by atoms with E-state index in [1.807, 2.05) is 24.3 Å². The summed E-state index contributed by atoms with van der Waals surface area (Å²) in [6.45, 7) is 0. The Morgan fingerprint density at radius 3 is 1.31 bits per heavy atom. The standard InChI is InChI=1S/C46H29NO2/c1-2-12-35-30(10-1)11-7-19-42(35)47(33-26-22-31(23-27-33)36-15-8-17-40-38-13-3-5-20-43(38)48-45(36)40)34-28-24-32(25-29-34)37-16-9-18-41-39-14-4-6-21-44(39)49-46(37)41/h1-29H. The van der Waals surface area contributed by atoms with Crippen molar-refractivity contribution in [3.8, 4) is 22.3 Å². The molecule has 49 heavy (non-hydrogen) atoms. The van der Waals surface area contributed by atoms with Gasteiger partial charge in [-0.25, -0.2) is 0 Å². The van der Waals surface area contributed by atoms with Gasteiger partial charge < -0.3 is 13.7 Å². The smallest absolute Gasteiger partial charge is 0.143 e. The quantitative estimate of drug-likeness (QED) is 0.190. The minimum Gasteiger partial charge on any atom is -0.455 e. The van der Waals surface area contributed by atoms with Gasteiger partial charge in [0.1, 0.15) is 22.3 Å². The van der Waals surface area contributed by atoms with Crippen molar-refractivity contribution in [2.75, 3.05) is 4.90 Å². The Morgan fingerprint density at radius 1 is 0.327 bits per heavy atom. The van der Waals surface area contributed by atoms with Crippen LogP contribution in [0.5, 0.6) is 0 Å². The van der Waals surface area contributed by atoms with Gasteiger partial charge in [-0.05, 0) is 59.0 Å². The lowest BCUT2D eigenvalue weighted by atomic mass is 10.0. The SMILES string of the molecule is c1ccc2c(N(c3ccc(-c4cccc5c4oc4ccccc45)cc3)c3ccc(-c4cccc5c4oc4ccccc45)cc3)cccc2c1. The predicted molar refractivity (Wildman–Crippen MR) is 204 cm³/mol. The van der Waals surface area contributed by atoms with Crippen molar-refractivity contribution in [1.82, 2.24) is 0 Å². The van der Waals surface area contributed by atoms with Crippen molar-refractivity contribution in [1.29, 1.82) is 0 Å². The van der Waals surface area contributed by atoms with Crippen molar-refractivity contribution in [2.45, 2.75) is 0 Å². The minimum atomic E-state index is 0.906. The Hall–Kier alpha value is -6.58. The van der Waals surface area contributed by atoms with Crippen LogP contribution in [0.15, 0.2) is 185 Å². The van der Waals surface area contributed by atoms with E-state index in [1.165, 1.54) is 10.8 Å². The number of fused-ring (bicyclic) bond motifs is 7. The monoisotopic (exact) mass is 627 g/mol. The average molecular weight is 628 g/mol. The van der Waals surface area contributed by atoms with Crippen LogP contribution in [0.2, 0.25) is 0 Å². The number of hydrogen-bond donors (Lipinski definition) is 0. The zero-order valence-corrected chi connectivity index (χ0v) is 26.5. The number of rotatable bonds is 5. The highest BCUT2D eigenvalue weighted by Gasteiger charge is 2.18. The molecule has 0 saturated carbocycles. The first-order valence-corrected chi connectivity index (χ1v) is 16.6. The van der Waals surface area contributed by atoms with Gasteiger partial charge in [0.15, 0.2) is 0 Å². The number of para-hydroxylation sites is 4. The number of anilines is 3. The molecule has 3 nitrogen and oxygen atoms in total. The molecule has 0 unspecified atom stereocenters. The van der Waals surface area contributed by atoms with Gasteiger partial charge in [0.2, 0.25) is 0 Å². The van der Waals surface area contributed by atoms with E-state index in [9.17, 15) is 0 Å². The summed E-state index contributed by atoms with van der Waals surface area (Å²) in [5, 5.41) is 6.93. The molecule has 0 aliphatic carbocycles. The highest BCUT2D eigenvalue weighted by Crippen LogP contribution is 2.42. The predicted octanol–water partition coefficient (Wildman–Crippen LogP) is 13.4. The Kier molecular flexibility index (Phi) is 6.18. The second kappa shape index (κ2) is 11.0. The molecule has 230 valence electrons. The van der Waals surface area contributed by atoms with E-state index < -0.39 is 0 Å². The second-order valence-electron chi connectivity index (χ2n) is 12.5. The van der Waals surface area contributed by atoms with Crippen molar-refractivity contribution < 1.29 is 8.83 Å². The van der Waals surface area contributed by atoms with E-state index in [0.29, 0.717) is 0 Å². The van der Waals surface area contributed by atoms with Crippen LogP contribution in [0.25, 0.3) is 76.9 Å². The van der Waals surface area contributed by atoms with Gasteiger partial charge in [0, 0.05) is 49.4 Å². The van der Waals surface area contributed by atoms with Gasteiger partial charge in [0.25, 0.3) is 0 Å². The normalized spacial score (nSPS) is 11.7. The van der Waals surface area contributed by atoms with Crippen LogP contribution >= 0.6 is 0 Å². The summed E-state index contributed by atoms with van der Waals surface area (Å²) < 4.78 is 12.8.